The number of nitrogens with zero attached hydrogens (tertiary/aromatic N) is 3. The fourth-order valence-corrected chi connectivity index (χ4v) is 4.90. The van der Waals surface area contributed by atoms with Crippen molar-refractivity contribution < 1.29 is 14.3 Å². The lowest BCUT2D eigenvalue weighted by molar-refractivity contribution is 0.1000. The largest absolute Gasteiger partial charge is 0.445 e. The van der Waals surface area contributed by atoms with Crippen LogP contribution < -0.4 is 21.7 Å². The van der Waals surface area contributed by atoms with Gasteiger partial charge in [-0.15, -0.1) is 0 Å². The Hall–Kier alpha value is -4.73. The number of anilines is 3. The normalized spacial score (nSPS) is 16.2. The molecule has 0 spiro atoms. The minimum absolute atomic E-state index is 0.0687. The SMILES string of the molecule is NC(=O)c1cnc(N[C@H](C2CC2)C2(NC(=O)OCc3ccccc3)CC2)nc1Nc1ccc2ncccc2c1. The predicted octanol–water partition coefficient (Wildman–Crippen LogP) is 4.52. The monoisotopic (exact) mass is 523 g/mol. The number of fused-ring (bicyclic) bond motifs is 1. The van der Waals surface area contributed by atoms with Gasteiger partial charge in [0.1, 0.15) is 18.0 Å². The predicted molar refractivity (Wildman–Crippen MR) is 147 cm³/mol. The molecule has 2 aromatic heterocycles. The number of hydrogen-bond acceptors (Lipinski definition) is 8. The van der Waals surface area contributed by atoms with Crippen molar-refractivity contribution in [3.8, 4) is 0 Å². The van der Waals surface area contributed by atoms with Gasteiger partial charge < -0.3 is 26.4 Å². The van der Waals surface area contributed by atoms with Gasteiger partial charge in [-0.1, -0.05) is 36.4 Å². The van der Waals surface area contributed by atoms with E-state index in [0.717, 1.165) is 47.8 Å². The van der Waals surface area contributed by atoms with Crippen molar-refractivity contribution in [2.75, 3.05) is 10.6 Å². The molecule has 2 aliphatic carbocycles. The van der Waals surface area contributed by atoms with E-state index in [-0.39, 0.29) is 18.2 Å². The second-order valence-electron chi connectivity index (χ2n) is 10.2. The maximum atomic E-state index is 12.7. The summed E-state index contributed by atoms with van der Waals surface area (Å²) in [5, 5.41) is 10.7. The first-order valence-electron chi connectivity index (χ1n) is 13.0. The molecule has 0 aliphatic heterocycles. The van der Waals surface area contributed by atoms with Crippen LogP contribution in [0.3, 0.4) is 0 Å². The fraction of sp³-hybridized carbons (Fsp3) is 0.276. The average molecular weight is 524 g/mol. The molecular formula is C29H29N7O3. The van der Waals surface area contributed by atoms with Gasteiger partial charge in [0.2, 0.25) is 5.95 Å². The van der Waals surface area contributed by atoms with E-state index in [4.69, 9.17) is 10.5 Å². The Morgan fingerprint density at radius 1 is 1.05 bits per heavy atom. The Kier molecular flexibility index (Phi) is 6.44. The lowest BCUT2D eigenvalue weighted by atomic mass is 10.0. The highest BCUT2D eigenvalue weighted by atomic mass is 16.5. The van der Waals surface area contributed by atoms with Gasteiger partial charge in [-0.2, -0.15) is 4.98 Å². The molecule has 2 fully saturated rings. The smallest absolute Gasteiger partial charge is 0.407 e. The summed E-state index contributed by atoms with van der Waals surface area (Å²) in [6.45, 7) is 0.210. The number of nitrogens with one attached hydrogen (secondary N) is 3. The Labute approximate surface area is 225 Å². The van der Waals surface area contributed by atoms with Crippen LogP contribution in [0.4, 0.5) is 22.2 Å². The molecule has 10 heteroatoms. The number of alkyl carbamates (subject to hydrolysis) is 1. The van der Waals surface area contributed by atoms with E-state index in [9.17, 15) is 9.59 Å². The molecule has 10 nitrogen and oxygen atoms in total. The summed E-state index contributed by atoms with van der Waals surface area (Å²) in [5.41, 5.74) is 7.90. The van der Waals surface area contributed by atoms with Gasteiger partial charge in [0.05, 0.1) is 17.1 Å². The first-order chi connectivity index (χ1) is 19.0. The number of benzene rings is 2. The van der Waals surface area contributed by atoms with E-state index < -0.39 is 17.5 Å². The van der Waals surface area contributed by atoms with Crippen LogP contribution in [-0.2, 0) is 11.3 Å². The third-order valence-electron chi connectivity index (χ3n) is 7.25. The molecule has 0 saturated heterocycles. The number of pyridine rings is 1. The van der Waals surface area contributed by atoms with Gasteiger partial charge in [0.25, 0.3) is 5.91 Å². The highest BCUT2D eigenvalue weighted by Crippen LogP contribution is 2.49. The van der Waals surface area contributed by atoms with Crippen LogP contribution in [0.25, 0.3) is 10.9 Å². The number of aromatic nitrogens is 3. The highest BCUT2D eigenvalue weighted by Gasteiger charge is 2.56. The molecule has 0 bridgehead atoms. The molecule has 6 rings (SSSR count). The minimum atomic E-state index is -0.633. The van der Waals surface area contributed by atoms with Crippen LogP contribution in [0.5, 0.6) is 0 Å². The van der Waals surface area contributed by atoms with E-state index in [1.165, 1.54) is 6.20 Å². The van der Waals surface area contributed by atoms with E-state index in [1.54, 1.807) is 6.20 Å². The van der Waals surface area contributed by atoms with Crippen molar-refractivity contribution in [2.45, 2.75) is 43.9 Å². The minimum Gasteiger partial charge on any atom is -0.445 e. The van der Waals surface area contributed by atoms with Gasteiger partial charge in [-0.25, -0.2) is 9.78 Å². The molecule has 2 saturated carbocycles. The maximum Gasteiger partial charge on any atom is 0.407 e. The first kappa shape index (κ1) is 24.6. The molecule has 39 heavy (non-hydrogen) atoms. The third kappa shape index (κ3) is 5.59. The van der Waals surface area contributed by atoms with Crippen LogP contribution in [0.15, 0.2) is 73.1 Å². The molecule has 0 radical (unpaired) electrons. The quantitative estimate of drug-likeness (QED) is 0.238. The van der Waals surface area contributed by atoms with Gasteiger partial charge in [-0.05, 0) is 61.4 Å². The molecule has 2 heterocycles. The lowest BCUT2D eigenvalue weighted by Gasteiger charge is -2.29. The number of amides is 2. The summed E-state index contributed by atoms with van der Waals surface area (Å²) >= 11 is 0. The molecule has 2 aromatic carbocycles. The summed E-state index contributed by atoms with van der Waals surface area (Å²) in [6, 6.07) is 19.0. The second-order valence-corrected chi connectivity index (χ2v) is 10.2. The van der Waals surface area contributed by atoms with Gasteiger partial charge in [0.15, 0.2) is 0 Å². The van der Waals surface area contributed by atoms with Crippen LogP contribution in [0, 0.1) is 5.92 Å². The van der Waals surface area contributed by atoms with Crippen molar-refractivity contribution in [3.63, 3.8) is 0 Å². The standard InChI is InChI=1S/C29H29N7O3/c30-25(37)22-16-32-27(35-26(22)33-21-10-11-23-20(15-21)7-4-14-31-23)34-24(19-8-9-19)29(12-13-29)36-28(38)39-17-18-5-2-1-3-6-18/h1-7,10-11,14-16,19,24H,8-9,12-13,17H2,(H2,30,37)(H,36,38)(H2,32,33,34,35)/t24-/m1/s1. The highest BCUT2D eigenvalue weighted by molar-refractivity contribution is 5.98. The summed E-state index contributed by atoms with van der Waals surface area (Å²) in [5.74, 6) is 0.405. The maximum absolute atomic E-state index is 12.7. The van der Waals surface area contributed by atoms with Crippen molar-refractivity contribution in [1.29, 1.82) is 0 Å². The number of carbonyl (C=O) groups excluding carboxylic acids is 2. The fourth-order valence-electron chi connectivity index (χ4n) is 4.90. The number of ether oxygens (including phenoxy) is 1. The Balaban J connectivity index is 1.19. The topological polar surface area (TPSA) is 144 Å². The Bertz CT molecular complexity index is 1520. The number of hydrogen-bond donors (Lipinski definition) is 4. The van der Waals surface area contributed by atoms with Gasteiger partial charge >= 0.3 is 6.09 Å². The zero-order valence-corrected chi connectivity index (χ0v) is 21.3. The van der Waals surface area contributed by atoms with Crippen LogP contribution >= 0.6 is 0 Å². The molecule has 0 unspecified atom stereocenters. The molecule has 198 valence electrons. The molecule has 2 aliphatic rings. The number of rotatable bonds is 10. The molecular weight excluding hydrogens is 494 g/mol. The average Bonchev–Trinajstić information content (AvgIpc) is 3.88. The van der Waals surface area contributed by atoms with Crippen LogP contribution in [0.2, 0.25) is 0 Å². The van der Waals surface area contributed by atoms with Crippen LogP contribution in [0.1, 0.15) is 41.6 Å². The number of primary amides is 1. The first-order valence-corrected chi connectivity index (χ1v) is 13.0. The van der Waals surface area contributed by atoms with Crippen molar-refractivity contribution in [2.24, 2.45) is 11.7 Å². The molecule has 2 amide bonds. The summed E-state index contributed by atoms with van der Waals surface area (Å²) in [6.07, 6.45) is 6.49. The lowest BCUT2D eigenvalue weighted by Crippen LogP contribution is -2.50. The van der Waals surface area contributed by atoms with E-state index in [0.29, 0.717) is 17.7 Å². The van der Waals surface area contributed by atoms with Gasteiger partial charge in [0, 0.05) is 23.5 Å². The third-order valence-corrected chi connectivity index (χ3v) is 7.25. The second kappa shape index (κ2) is 10.2. The molecule has 1 atom stereocenters. The van der Waals surface area contributed by atoms with E-state index in [1.807, 2.05) is 60.7 Å². The van der Waals surface area contributed by atoms with E-state index in [2.05, 4.69) is 30.9 Å². The summed E-state index contributed by atoms with van der Waals surface area (Å²) in [4.78, 5) is 38.2. The van der Waals surface area contributed by atoms with Crippen molar-refractivity contribution in [3.05, 3.63) is 84.2 Å². The molecule has 5 N–H and O–H groups in total. The number of nitrogens with two attached hydrogens (primary N) is 1. The van der Waals surface area contributed by atoms with Crippen LogP contribution in [-0.4, -0.2) is 38.5 Å². The summed E-state index contributed by atoms with van der Waals surface area (Å²) < 4.78 is 5.49. The van der Waals surface area contributed by atoms with E-state index >= 15 is 0 Å². The van der Waals surface area contributed by atoms with Gasteiger partial charge in [-0.3, -0.25) is 9.78 Å². The summed E-state index contributed by atoms with van der Waals surface area (Å²) in [7, 11) is 0. The van der Waals surface area contributed by atoms with Crippen molar-refractivity contribution >= 4 is 40.4 Å². The zero-order chi connectivity index (χ0) is 26.8. The zero-order valence-electron chi connectivity index (χ0n) is 21.3. The number of carbonyl (C=O) groups is 2. The Morgan fingerprint density at radius 2 is 1.87 bits per heavy atom. The van der Waals surface area contributed by atoms with Crippen molar-refractivity contribution in [1.82, 2.24) is 20.3 Å². The Morgan fingerprint density at radius 3 is 2.62 bits per heavy atom. The molecule has 4 aromatic rings.